The fourth-order valence-electron chi connectivity index (χ4n) is 3.87. The number of rotatable bonds is 1. The summed E-state index contributed by atoms with van der Waals surface area (Å²) in [7, 11) is 0. The average molecular weight is 222 g/mol. The van der Waals surface area contributed by atoms with Crippen LogP contribution in [0.3, 0.4) is 0 Å². The molecule has 1 amide bonds. The van der Waals surface area contributed by atoms with Gasteiger partial charge in [-0.05, 0) is 44.7 Å². The van der Waals surface area contributed by atoms with Gasteiger partial charge in [0, 0.05) is 18.5 Å². The summed E-state index contributed by atoms with van der Waals surface area (Å²) in [6.45, 7) is 2.18. The SMILES string of the molecule is O=C1C[C@H]2CCCCC2N1C1CCNCC1. The third kappa shape index (κ3) is 1.75. The second-order valence-electron chi connectivity index (χ2n) is 5.60. The maximum Gasteiger partial charge on any atom is 0.223 e. The number of hydrogen-bond donors (Lipinski definition) is 1. The Bertz CT molecular complexity index is 273. The van der Waals surface area contributed by atoms with E-state index in [1.165, 1.54) is 25.7 Å². The van der Waals surface area contributed by atoms with Crippen LogP contribution in [0.2, 0.25) is 0 Å². The van der Waals surface area contributed by atoms with Crippen LogP contribution >= 0.6 is 0 Å². The van der Waals surface area contributed by atoms with Crippen LogP contribution < -0.4 is 5.32 Å². The largest absolute Gasteiger partial charge is 0.336 e. The Hall–Kier alpha value is -0.570. The normalized spacial score (nSPS) is 36.5. The molecule has 2 heterocycles. The molecule has 3 fully saturated rings. The van der Waals surface area contributed by atoms with E-state index in [0.717, 1.165) is 32.4 Å². The van der Waals surface area contributed by atoms with Crippen molar-refractivity contribution in [3.8, 4) is 0 Å². The molecule has 3 heteroatoms. The highest BCUT2D eigenvalue weighted by molar-refractivity contribution is 5.79. The van der Waals surface area contributed by atoms with Gasteiger partial charge in [-0.2, -0.15) is 0 Å². The smallest absolute Gasteiger partial charge is 0.223 e. The average Bonchev–Trinajstić information content (AvgIpc) is 2.66. The van der Waals surface area contributed by atoms with Crippen molar-refractivity contribution in [3.63, 3.8) is 0 Å². The number of hydrogen-bond acceptors (Lipinski definition) is 2. The molecule has 2 aliphatic heterocycles. The summed E-state index contributed by atoms with van der Waals surface area (Å²) >= 11 is 0. The van der Waals surface area contributed by atoms with Gasteiger partial charge in [-0.25, -0.2) is 0 Å². The number of fused-ring (bicyclic) bond motifs is 1. The molecule has 2 saturated heterocycles. The molecule has 0 bridgehead atoms. The Morgan fingerprint density at radius 2 is 1.81 bits per heavy atom. The first-order chi connectivity index (χ1) is 7.86. The van der Waals surface area contributed by atoms with Gasteiger partial charge in [0.2, 0.25) is 5.91 Å². The van der Waals surface area contributed by atoms with Gasteiger partial charge in [-0.1, -0.05) is 12.8 Å². The molecule has 16 heavy (non-hydrogen) atoms. The maximum atomic E-state index is 12.1. The van der Waals surface area contributed by atoms with Crippen molar-refractivity contribution in [3.05, 3.63) is 0 Å². The molecular formula is C13H22N2O. The molecule has 1 unspecified atom stereocenters. The Balaban J connectivity index is 1.74. The highest BCUT2D eigenvalue weighted by Crippen LogP contribution is 2.39. The number of nitrogens with zero attached hydrogens (tertiary/aromatic N) is 1. The summed E-state index contributed by atoms with van der Waals surface area (Å²) in [5, 5.41) is 3.39. The van der Waals surface area contributed by atoms with Crippen LogP contribution in [0.4, 0.5) is 0 Å². The highest BCUT2D eigenvalue weighted by atomic mass is 16.2. The standard InChI is InChI=1S/C13H22N2O/c16-13-9-10-3-1-2-4-12(10)15(13)11-5-7-14-8-6-11/h10-12,14H,1-9H2/t10-,12?/m1/s1. The van der Waals surface area contributed by atoms with Crippen molar-refractivity contribution in [2.24, 2.45) is 5.92 Å². The van der Waals surface area contributed by atoms with Gasteiger partial charge in [0.1, 0.15) is 0 Å². The minimum absolute atomic E-state index is 0.448. The maximum absolute atomic E-state index is 12.1. The first-order valence-corrected chi connectivity index (χ1v) is 6.88. The van der Waals surface area contributed by atoms with E-state index >= 15 is 0 Å². The van der Waals surface area contributed by atoms with Crippen LogP contribution in [0.5, 0.6) is 0 Å². The van der Waals surface area contributed by atoms with Gasteiger partial charge < -0.3 is 10.2 Å². The minimum Gasteiger partial charge on any atom is -0.336 e. The number of likely N-dealkylation sites (tertiary alicyclic amines) is 1. The van der Waals surface area contributed by atoms with Crippen molar-refractivity contribution in [2.45, 2.75) is 57.0 Å². The van der Waals surface area contributed by atoms with Gasteiger partial charge in [-0.15, -0.1) is 0 Å². The molecule has 0 spiro atoms. The summed E-state index contributed by atoms with van der Waals surface area (Å²) in [5.41, 5.74) is 0. The van der Waals surface area contributed by atoms with Crippen molar-refractivity contribution >= 4 is 5.91 Å². The Labute approximate surface area is 97.6 Å². The monoisotopic (exact) mass is 222 g/mol. The van der Waals surface area contributed by atoms with Gasteiger partial charge in [0.15, 0.2) is 0 Å². The van der Waals surface area contributed by atoms with Crippen LogP contribution in [-0.2, 0) is 4.79 Å². The van der Waals surface area contributed by atoms with Gasteiger partial charge in [0.05, 0.1) is 0 Å². The van der Waals surface area contributed by atoms with Crippen LogP contribution in [0.1, 0.15) is 44.9 Å². The zero-order valence-corrected chi connectivity index (χ0v) is 9.95. The molecule has 1 aliphatic carbocycles. The first-order valence-electron chi connectivity index (χ1n) is 6.88. The summed E-state index contributed by atoms with van der Waals surface area (Å²) < 4.78 is 0. The minimum atomic E-state index is 0.448. The van der Waals surface area contributed by atoms with Crippen LogP contribution in [0.15, 0.2) is 0 Å². The molecule has 2 atom stereocenters. The molecule has 1 saturated carbocycles. The van der Waals surface area contributed by atoms with E-state index in [9.17, 15) is 4.79 Å². The third-order valence-electron chi connectivity index (χ3n) is 4.65. The summed E-state index contributed by atoms with van der Waals surface area (Å²) in [4.78, 5) is 14.4. The molecule has 0 radical (unpaired) electrons. The molecule has 3 nitrogen and oxygen atoms in total. The van der Waals surface area contributed by atoms with Crippen molar-refractivity contribution in [2.75, 3.05) is 13.1 Å². The quantitative estimate of drug-likeness (QED) is 0.729. The van der Waals surface area contributed by atoms with Crippen LogP contribution in [-0.4, -0.2) is 36.0 Å². The zero-order valence-electron chi connectivity index (χ0n) is 9.95. The number of carbonyl (C=O) groups is 1. The zero-order chi connectivity index (χ0) is 11.0. The molecule has 3 aliphatic rings. The van der Waals surface area contributed by atoms with E-state index < -0.39 is 0 Å². The van der Waals surface area contributed by atoms with E-state index in [1.54, 1.807) is 0 Å². The van der Waals surface area contributed by atoms with E-state index in [1.807, 2.05) is 0 Å². The predicted octanol–water partition coefficient (Wildman–Crippen LogP) is 1.53. The summed E-state index contributed by atoms with van der Waals surface area (Å²) in [5.74, 6) is 1.14. The van der Waals surface area contributed by atoms with Crippen LogP contribution in [0.25, 0.3) is 0 Å². The molecule has 0 aromatic rings. The molecule has 0 aromatic carbocycles. The van der Waals surface area contributed by atoms with Gasteiger partial charge in [0.25, 0.3) is 0 Å². The second-order valence-corrected chi connectivity index (χ2v) is 5.60. The molecular weight excluding hydrogens is 200 g/mol. The van der Waals surface area contributed by atoms with E-state index in [-0.39, 0.29) is 0 Å². The van der Waals surface area contributed by atoms with Gasteiger partial charge >= 0.3 is 0 Å². The summed E-state index contributed by atoms with van der Waals surface area (Å²) in [6, 6.07) is 1.14. The van der Waals surface area contributed by atoms with Crippen molar-refractivity contribution in [1.82, 2.24) is 10.2 Å². The topological polar surface area (TPSA) is 32.3 Å². The Morgan fingerprint density at radius 3 is 2.62 bits per heavy atom. The highest BCUT2D eigenvalue weighted by Gasteiger charge is 2.43. The van der Waals surface area contributed by atoms with Crippen molar-refractivity contribution < 1.29 is 4.79 Å². The van der Waals surface area contributed by atoms with E-state index in [0.29, 0.717) is 23.9 Å². The fourth-order valence-corrected chi connectivity index (χ4v) is 3.87. The lowest BCUT2D eigenvalue weighted by atomic mass is 9.84. The number of carbonyl (C=O) groups excluding carboxylic acids is 1. The van der Waals surface area contributed by atoms with E-state index in [4.69, 9.17) is 0 Å². The van der Waals surface area contributed by atoms with Crippen LogP contribution in [0, 0.1) is 5.92 Å². The molecule has 3 rings (SSSR count). The van der Waals surface area contributed by atoms with Crippen molar-refractivity contribution in [1.29, 1.82) is 0 Å². The lowest BCUT2D eigenvalue weighted by Crippen LogP contribution is -2.48. The molecule has 1 N–H and O–H groups in total. The fraction of sp³-hybridized carbons (Fsp3) is 0.923. The third-order valence-corrected chi connectivity index (χ3v) is 4.65. The molecule has 90 valence electrons. The number of nitrogens with one attached hydrogen (secondary N) is 1. The Kier molecular flexibility index (Phi) is 2.88. The van der Waals surface area contributed by atoms with Gasteiger partial charge in [-0.3, -0.25) is 4.79 Å². The second kappa shape index (κ2) is 4.36. The lowest BCUT2D eigenvalue weighted by molar-refractivity contribution is -0.131. The first kappa shape index (κ1) is 10.6. The lowest BCUT2D eigenvalue weighted by Gasteiger charge is -2.39. The predicted molar refractivity (Wildman–Crippen MR) is 63.1 cm³/mol. The number of amides is 1. The summed E-state index contributed by atoms with van der Waals surface area (Å²) in [6.07, 6.45) is 8.39. The van der Waals surface area contributed by atoms with E-state index in [2.05, 4.69) is 10.2 Å². The number of piperidine rings is 1. The molecule has 0 aromatic heterocycles. The Morgan fingerprint density at radius 1 is 1.06 bits per heavy atom.